The summed E-state index contributed by atoms with van der Waals surface area (Å²) in [7, 11) is 0. The largest absolute Gasteiger partial charge is 0.437 e. The molecule has 2 fully saturated rings. The Hall–Kier alpha value is -1.93. The molecule has 1 N–H and O–H groups in total. The van der Waals surface area contributed by atoms with Gasteiger partial charge in [0.2, 0.25) is 5.88 Å². The number of nitrogens with one attached hydrogen (secondary N) is 1. The highest BCUT2D eigenvalue weighted by Gasteiger charge is 2.38. The molecule has 26 heavy (non-hydrogen) atoms. The first-order chi connectivity index (χ1) is 11.8. The van der Waals surface area contributed by atoms with E-state index in [1.165, 1.54) is 6.20 Å². The Morgan fingerprint density at radius 1 is 1.27 bits per heavy atom. The molecule has 2 aromatic rings. The summed E-state index contributed by atoms with van der Waals surface area (Å²) in [5, 5.41) is 3.29. The average molecular weight is 399 g/mol. The molecule has 7 nitrogen and oxygen atoms in total. The van der Waals surface area contributed by atoms with Gasteiger partial charge >= 0.3 is 0 Å². The average Bonchev–Trinajstić information content (AvgIpc) is 3.11. The Morgan fingerprint density at radius 3 is 2.96 bits per heavy atom. The molecular formula is C17H20Cl2N4O3. The van der Waals surface area contributed by atoms with Gasteiger partial charge in [0.25, 0.3) is 5.91 Å². The van der Waals surface area contributed by atoms with Crippen LogP contribution < -0.4 is 10.1 Å². The molecule has 2 aliphatic heterocycles. The second-order valence-corrected chi connectivity index (χ2v) is 5.81. The highest BCUT2D eigenvalue weighted by Crippen LogP contribution is 2.23. The Balaban J connectivity index is 0.00000121. The van der Waals surface area contributed by atoms with Crippen LogP contribution in [0.2, 0.25) is 0 Å². The molecule has 1 aromatic heterocycles. The zero-order chi connectivity index (χ0) is 16.4. The molecule has 3 heterocycles. The number of aromatic nitrogens is 2. The van der Waals surface area contributed by atoms with Gasteiger partial charge in [-0.1, -0.05) is 6.07 Å². The first-order valence-corrected chi connectivity index (χ1v) is 7.98. The van der Waals surface area contributed by atoms with E-state index in [0.29, 0.717) is 30.3 Å². The molecule has 2 saturated heterocycles. The number of nitrogens with zero attached hydrogens (tertiary/aromatic N) is 3. The van der Waals surface area contributed by atoms with Crippen LogP contribution in [0.1, 0.15) is 10.4 Å². The van der Waals surface area contributed by atoms with Crippen LogP contribution in [0.3, 0.4) is 0 Å². The van der Waals surface area contributed by atoms with Gasteiger partial charge in [0.1, 0.15) is 5.75 Å². The predicted octanol–water partition coefficient (Wildman–Crippen LogP) is 1.93. The Bertz CT molecular complexity index is 735. The molecule has 0 bridgehead atoms. The topological polar surface area (TPSA) is 76.6 Å². The van der Waals surface area contributed by atoms with E-state index in [-0.39, 0.29) is 42.9 Å². The molecule has 1 amide bonds. The molecule has 0 radical (unpaired) electrons. The van der Waals surface area contributed by atoms with Crippen LogP contribution in [-0.2, 0) is 4.74 Å². The third kappa shape index (κ3) is 4.24. The van der Waals surface area contributed by atoms with E-state index in [9.17, 15) is 4.79 Å². The number of ether oxygens (including phenoxy) is 2. The lowest BCUT2D eigenvalue weighted by molar-refractivity contribution is -0.0364. The maximum absolute atomic E-state index is 12.9. The van der Waals surface area contributed by atoms with Gasteiger partial charge in [-0.3, -0.25) is 9.78 Å². The molecular weight excluding hydrogens is 379 g/mol. The van der Waals surface area contributed by atoms with Gasteiger partial charge in [0.05, 0.1) is 24.9 Å². The van der Waals surface area contributed by atoms with E-state index in [4.69, 9.17) is 9.47 Å². The van der Waals surface area contributed by atoms with Gasteiger partial charge in [0, 0.05) is 37.6 Å². The van der Waals surface area contributed by atoms with Crippen molar-refractivity contribution in [3.63, 3.8) is 0 Å². The lowest BCUT2D eigenvalue weighted by atomic mass is 10.1. The van der Waals surface area contributed by atoms with E-state index in [0.717, 1.165) is 13.1 Å². The van der Waals surface area contributed by atoms with E-state index in [1.807, 2.05) is 11.0 Å². The fourth-order valence-electron chi connectivity index (χ4n) is 3.16. The SMILES string of the molecule is Cl.Cl.O=C(c1cccc(Oc2cnccn2)c1)N1CCO[C@H]2CNC[C@H]21. The van der Waals surface area contributed by atoms with Crippen molar-refractivity contribution in [1.29, 1.82) is 0 Å². The van der Waals surface area contributed by atoms with E-state index in [1.54, 1.807) is 30.6 Å². The lowest BCUT2D eigenvalue weighted by Gasteiger charge is -2.37. The van der Waals surface area contributed by atoms with Crippen molar-refractivity contribution in [3.8, 4) is 11.6 Å². The monoisotopic (exact) mass is 398 g/mol. The lowest BCUT2D eigenvalue weighted by Crippen LogP contribution is -2.53. The molecule has 2 aliphatic rings. The number of rotatable bonds is 3. The van der Waals surface area contributed by atoms with Crippen molar-refractivity contribution in [2.75, 3.05) is 26.2 Å². The minimum Gasteiger partial charge on any atom is -0.437 e. The summed E-state index contributed by atoms with van der Waals surface area (Å²) in [4.78, 5) is 22.8. The maximum Gasteiger partial charge on any atom is 0.254 e. The molecule has 4 rings (SSSR count). The van der Waals surface area contributed by atoms with Gasteiger partial charge in [-0.25, -0.2) is 4.98 Å². The number of hydrogen-bond acceptors (Lipinski definition) is 6. The summed E-state index contributed by atoms with van der Waals surface area (Å²) < 4.78 is 11.4. The van der Waals surface area contributed by atoms with Gasteiger partial charge < -0.3 is 19.7 Å². The predicted molar refractivity (Wildman–Crippen MR) is 100 cm³/mol. The normalized spacial score (nSPS) is 21.2. The third-order valence-corrected chi connectivity index (χ3v) is 4.30. The standard InChI is InChI=1S/C17H18N4O3.2ClH/c22-17(21-6-7-23-15-10-19-9-14(15)21)12-2-1-3-13(8-12)24-16-11-18-4-5-20-16;;/h1-5,8,11,14-15,19H,6-7,9-10H2;2*1H/t14-,15+;;/m1../s1. The zero-order valence-corrected chi connectivity index (χ0v) is 15.5. The highest BCUT2D eigenvalue weighted by atomic mass is 35.5. The first kappa shape index (κ1) is 20.4. The van der Waals surface area contributed by atoms with Crippen LogP contribution in [0.4, 0.5) is 0 Å². The van der Waals surface area contributed by atoms with Crippen LogP contribution in [0.15, 0.2) is 42.9 Å². The molecule has 2 atom stereocenters. The van der Waals surface area contributed by atoms with E-state index in [2.05, 4.69) is 15.3 Å². The van der Waals surface area contributed by atoms with Crippen LogP contribution in [0.5, 0.6) is 11.6 Å². The van der Waals surface area contributed by atoms with Crippen LogP contribution in [0.25, 0.3) is 0 Å². The number of morpholine rings is 1. The summed E-state index contributed by atoms with van der Waals surface area (Å²) in [6, 6.07) is 7.24. The quantitative estimate of drug-likeness (QED) is 0.850. The van der Waals surface area contributed by atoms with Gasteiger partial charge in [-0.2, -0.15) is 0 Å². The smallest absolute Gasteiger partial charge is 0.254 e. The summed E-state index contributed by atoms with van der Waals surface area (Å²) in [6.07, 6.45) is 4.76. The fourth-order valence-corrected chi connectivity index (χ4v) is 3.16. The molecule has 1 aromatic carbocycles. The summed E-state index contributed by atoms with van der Waals surface area (Å²) in [5.74, 6) is 0.964. The molecule has 0 saturated carbocycles. The number of fused-ring (bicyclic) bond motifs is 1. The Morgan fingerprint density at radius 2 is 2.15 bits per heavy atom. The minimum atomic E-state index is 0. The second-order valence-electron chi connectivity index (χ2n) is 5.81. The molecule has 0 spiro atoms. The fraction of sp³-hybridized carbons (Fsp3) is 0.353. The van der Waals surface area contributed by atoms with Crippen LogP contribution in [0, 0.1) is 0 Å². The first-order valence-electron chi connectivity index (χ1n) is 7.98. The summed E-state index contributed by atoms with van der Waals surface area (Å²) in [5.41, 5.74) is 0.601. The molecule has 9 heteroatoms. The molecule has 140 valence electrons. The van der Waals surface area contributed by atoms with Crippen molar-refractivity contribution >= 4 is 30.7 Å². The van der Waals surface area contributed by atoms with Crippen LogP contribution in [-0.4, -0.2) is 59.2 Å². The highest BCUT2D eigenvalue weighted by molar-refractivity contribution is 5.95. The van der Waals surface area contributed by atoms with Crippen molar-refractivity contribution in [2.45, 2.75) is 12.1 Å². The maximum atomic E-state index is 12.9. The third-order valence-electron chi connectivity index (χ3n) is 4.30. The molecule has 0 aliphatic carbocycles. The molecule has 0 unspecified atom stereocenters. The Labute approximate surface area is 163 Å². The van der Waals surface area contributed by atoms with Crippen molar-refractivity contribution < 1.29 is 14.3 Å². The van der Waals surface area contributed by atoms with Crippen molar-refractivity contribution in [2.24, 2.45) is 0 Å². The van der Waals surface area contributed by atoms with Crippen molar-refractivity contribution in [1.82, 2.24) is 20.2 Å². The number of hydrogen-bond donors (Lipinski definition) is 1. The summed E-state index contributed by atoms with van der Waals surface area (Å²) in [6.45, 7) is 2.75. The van der Waals surface area contributed by atoms with Crippen LogP contribution >= 0.6 is 24.8 Å². The van der Waals surface area contributed by atoms with Gasteiger partial charge in [0.15, 0.2) is 0 Å². The van der Waals surface area contributed by atoms with Gasteiger partial charge in [-0.15, -0.1) is 24.8 Å². The second kappa shape index (κ2) is 9.14. The minimum absolute atomic E-state index is 0. The number of carbonyl (C=O) groups is 1. The number of amides is 1. The van der Waals surface area contributed by atoms with E-state index < -0.39 is 0 Å². The number of halogens is 2. The Kier molecular flexibility index (Phi) is 7.16. The number of carbonyl (C=O) groups excluding carboxylic acids is 1. The van der Waals surface area contributed by atoms with Crippen molar-refractivity contribution in [3.05, 3.63) is 48.4 Å². The summed E-state index contributed by atoms with van der Waals surface area (Å²) >= 11 is 0. The van der Waals surface area contributed by atoms with E-state index >= 15 is 0 Å². The zero-order valence-electron chi connectivity index (χ0n) is 13.9. The number of benzene rings is 1. The van der Waals surface area contributed by atoms with Gasteiger partial charge in [-0.05, 0) is 18.2 Å².